The molecular weight excluding hydrogens is 400 g/mol. The average Bonchev–Trinajstić information content (AvgIpc) is 3.39. The molecule has 4 aromatic rings. The number of carbonyl (C=O) groups excluding carboxylic acids is 1. The van der Waals surface area contributed by atoms with E-state index in [9.17, 15) is 4.79 Å². The van der Waals surface area contributed by atoms with Gasteiger partial charge in [0, 0.05) is 30.3 Å². The molecular formula is C21H20N6O2S. The predicted octanol–water partition coefficient (Wildman–Crippen LogP) is 4.27. The summed E-state index contributed by atoms with van der Waals surface area (Å²) in [5.74, 6) is 2.14. The van der Waals surface area contributed by atoms with Crippen molar-refractivity contribution in [1.82, 2.24) is 25.0 Å². The Morgan fingerprint density at radius 3 is 2.60 bits per heavy atom. The monoisotopic (exact) mass is 420 g/mol. The molecule has 0 saturated heterocycles. The van der Waals surface area contributed by atoms with Crippen molar-refractivity contribution in [2.24, 2.45) is 0 Å². The van der Waals surface area contributed by atoms with E-state index in [0.717, 1.165) is 27.8 Å². The lowest BCUT2D eigenvalue weighted by atomic mass is 10.2. The second-order valence-corrected chi connectivity index (χ2v) is 7.41. The molecule has 0 aliphatic heterocycles. The van der Waals surface area contributed by atoms with Crippen LogP contribution in [-0.4, -0.2) is 30.9 Å². The fourth-order valence-corrected chi connectivity index (χ4v) is 3.81. The zero-order chi connectivity index (χ0) is 20.9. The first kappa shape index (κ1) is 19.8. The fourth-order valence-electron chi connectivity index (χ4n) is 2.97. The van der Waals surface area contributed by atoms with Crippen LogP contribution in [0.15, 0.2) is 64.2 Å². The molecule has 2 aromatic carbocycles. The topological polar surface area (TPSA) is 98.7 Å². The summed E-state index contributed by atoms with van der Waals surface area (Å²) in [4.78, 5) is 11.3. The van der Waals surface area contributed by atoms with Gasteiger partial charge < -0.3 is 14.3 Å². The van der Waals surface area contributed by atoms with E-state index in [2.05, 4.69) is 25.7 Å². The van der Waals surface area contributed by atoms with E-state index < -0.39 is 0 Å². The van der Waals surface area contributed by atoms with Crippen molar-refractivity contribution in [1.29, 1.82) is 0 Å². The Morgan fingerprint density at radius 2 is 1.83 bits per heavy atom. The van der Waals surface area contributed by atoms with Crippen molar-refractivity contribution in [3.05, 3.63) is 60.5 Å². The molecule has 0 saturated carbocycles. The molecule has 0 aliphatic carbocycles. The number of amides is 1. The van der Waals surface area contributed by atoms with Crippen molar-refractivity contribution in [3.8, 4) is 22.8 Å². The summed E-state index contributed by atoms with van der Waals surface area (Å²) in [6.07, 6.45) is 0. The molecule has 0 unspecified atom stereocenters. The van der Waals surface area contributed by atoms with Gasteiger partial charge in [0.15, 0.2) is 11.0 Å². The Bertz CT molecular complexity index is 1160. The molecule has 0 bridgehead atoms. The Kier molecular flexibility index (Phi) is 5.89. The van der Waals surface area contributed by atoms with Crippen molar-refractivity contribution in [2.75, 3.05) is 5.32 Å². The number of aromatic nitrogens is 5. The third kappa shape index (κ3) is 4.41. The quantitative estimate of drug-likeness (QED) is 0.446. The minimum atomic E-state index is -0.116. The van der Waals surface area contributed by atoms with Crippen LogP contribution >= 0.6 is 11.8 Å². The van der Waals surface area contributed by atoms with Gasteiger partial charge in [0.1, 0.15) is 0 Å². The number of nitrogens with one attached hydrogen (secondary N) is 1. The van der Waals surface area contributed by atoms with Gasteiger partial charge in [0.2, 0.25) is 17.7 Å². The lowest BCUT2D eigenvalue weighted by Crippen LogP contribution is -2.06. The zero-order valence-electron chi connectivity index (χ0n) is 16.6. The number of nitrogens with zero attached hydrogens (tertiary/aromatic N) is 5. The van der Waals surface area contributed by atoms with Crippen LogP contribution in [0.25, 0.3) is 22.8 Å². The summed E-state index contributed by atoms with van der Waals surface area (Å²) in [7, 11) is 0. The minimum absolute atomic E-state index is 0.116. The van der Waals surface area contributed by atoms with E-state index in [4.69, 9.17) is 4.42 Å². The first-order chi connectivity index (χ1) is 14.6. The van der Waals surface area contributed by atoms with E-state index in [-0.39, 0.29) is 5.91 Å². The lowest BCUT2D eigenvalue weighted by Gasteiger charge is -2.08. The first-order valence-electron chi connectivity index (χ1n) is 9.46. The molecule has 1 N–H and O–H groups in total. The van der Waals surface area contributed by atoms with Gasteiger partial charge in [-0.15, -0.1) is 20.4 Å². The second-order valence-electron chi connectivity index (χ2n) is 6.47. The summed E-state index contributed by atoms with van der Waals surface area (Å²) in [5.41, 5.74) is 2.49. The highest BCUT2D eigenvalue weighted by molar-refractivity contribution is 7.98. The second kappa shape index (κ2) is 8.91. The molecule has 9 heteroatoms. The van der Waals surface area contributed by atoms with Gasteiger partial charge in [0.05, 0.1) is 5.75 Å². The summed E-state index contributed by atoms with van der Waals surface area (Å²) < 4.78 is 7.79. The zero-order valence-corrected chi connectivity index (χ0v) is 17.4. The molecule has 0 fully saturated rings. The van der Waals surface area contributed by atoms with Gasteiger partial charge in [0.25, 0.3) is 0 Å². The number of benzene rings is 2. The number of hydrogen-bond acceptors (Lipinski definition) is 7. The van der Waals surface area contributed by atoms with Crippen LogP contribution in [0.3, 0.4) is 0 Å². The average molecular weight is 420 g/mol. The molecule has 0 atom stereocenters. The Morgan fingerprint density at radius 1 is 1.03 bits per heavy atom. The molecule has 0 radical (unpaired) electrons. The molecule has 1 amide bonds. The summed E-state index contributed by atoms with van der Waals surface area (Å²) in [5, 5.41) is 20.5. The SMILES string of the molecule is CCn1c(SCc2nnc(-c3ccccc3)o2)nnc1-c1cccc(NC(C)=O)c1. The fraction of sp³-hybridized carbons (Fsp3) is 0.190. The molecule has 2 heterocycles. The van der Waals surface area contributed by atoms with Gasteiger partial charge in [-0.2, -0.15) is 0 Å². The Labute approximate surface area is 177 Å². The van der Waals surface area contributed by atoms with Crippen LogP contribution in [-0.2, 0) is 17.1 Å². The maximum absolute atomic E-state index is 11.3. The number of thioether (sulfide) groups is 1. The normalized spacial score (nSPS) is 10.9. The van der Waals surface area contributed by atoms with Gasteiger partial charge in [-0.05, 0) is 31.2 Å². The number of anilines is 1. The molecule has 4 rings (SSSR count). The molecule has 152 valence electrons. The maximum atomic E-state index is 11.3. The van der Waals surface area contributed by atoms with Crippen molar-refractivity contribution in [3.63, 3.8) is 0 Å². The van der Waals surface area contributed by atoms with E-state index in [1.54, 1.807) is 0 Å². The molecule has 0 spiro atoms. The summed E-state index contributed by atoms with van der Waals surface area (Å²) in [6, 6.07) is 17.2. The van der Waals surface area contributed by atoms with Crippen LogP contribution in [0.5, 0.6) is 0 Å². The number of hydrogen-bond donors (Lipinski definition) is 1. The van der Waals surface area contributed by atoms with Crippen molar-refractivity contribution >= 4 is 23.4 Å². The Balaban J connectivity index is 1.51. The molecule has 8 nitrogen and oxygen atoms in total. The summed E-state index contributed by atoms with van der Waals surface area (Å²) in [6.45, 7) is 4.22. The van der Waals surface area contributed by atoms with E-state index in [0.29, 0.717) is 24.1 Å². The standard InChI is InChI=1S/C21H20N6O2S/c1-3-27-19(16-10-7-11-17(12-16)22-14(2)28)24-26-21(27)30-13-18-23-25-20(29-18)15-8-5-4-6-9-15/h4-12H,3,13H2,1-2H3,(H,22,28). The van der Waals surface area contributed by atoms with Gasteiger partial charge in [-0.1, -0.05) is 42.1 Å². The van der Waals surface area contributed by atoms with Crippen LogP contribution in [0, 0.1) is 0 Å². The summed E-state index contributed by atoms with van der Waals surface area (Å²) >= 11 is 1.49. The highest BCUT2D eigenvalue weighted by Crippen LogP contribution is 2.28. The van der Waals surface area contributed by atoms with Gasteiger partial charge in [-0.3, -0.25) is 4.79 Å². The smallest absolute Gasteiger partial charge is 0.247 e. The van der Waals surface area contributed by atoms with Crippen LogP contribution in [0.2, 0.25) is 0 Å². The van der Waals surface area contributed by atoms with Crippen molar-refractivity contribution in [2.45, 2.75) is 31.3 Å². The predicted molar refractivity (Wildman–Crippen MR) is 115 cm³/mol. The first-order valence-corrected chi connectivity index (χ1v) is 10.4. The van der Waals surface area contributed by atoms with Crippen LogP contribution in [0.1, 0.15) is 19.7 Å². The van der Waals surface area contributed by atoms with E-state index >= 15 is 0 Å². The highest BCUT2D eigenvalue weighted by atomic mass is 32.2. The minimum Gasteiger partial charge on any atom is -0.420 e. The highest BCUT2D eigenvalue weighted by Gasteiger charge is 2.16. The Hall–Kier alpha value is -3.46. The van der Waals surface area contributed by atoms with Crippen LogP contribution < -0.4 is 5.32 Å². The molecule has 30 heavy (non-hydrogen) atoms. The molecule has 2 aromatic heterocycles. The maximum Gasteiger partial charge on any atom is 0.247 e. The van der Waals surface area contributed by atoms with Gasteiger partial charge >= 0.3 is 0 Å². The van der Waals surface area contributed by atoms with Gasteiger partial charge in [-0.25, -0.2) is 0 Å². The lowest BCUT2D eigenvalue weighted by molar-refractivity contribution is -0.114. The van der Waals surface area contributed by atoms with E-state index in [1.807, 2.05) is 66.1 Å². The number of rotatable bonds is 7. The molecule has 0 aliphatic rings. The largest absolute Gasteiger partial charge is 0.420 e. The van der Waals surface area contributed by atoms with Crippen LogP contribution in [0.4, 0.5) is 5.69 Å². The third-order valence-electron chi connectivity index (χ3n) is 4.29. The third-order valence-corrected chi connectivity index (χ3v) is 5.24. The van der Waals surface area contributed by atoms with E-state index in [1.165, 1.54) is 18.7 Å². The number of carbonyl (C=O) groups is 1. The van der Waals surface area contributed by atoms with Crippen molar-refractivity contribution < 1.29 is 9.21 Å².